The second-order valence-corrected chi connectivity index (χ2v) is 14.2. The van der Waals surface area contributed by atoms with Crippen molar-refractivity contribution < 1.29 is 19.5 Å². The van der Waals surface area contributed by atoms with E-state index in [4.69, 9.17) is 34.7 Å². The number of halogens is 2. The lowest BCUT2D eigenvalue weighted by molar-refractivity contribution is -0.150. The van der Waals surface area contributed by atoms with Crippen LogP contribution in [0.15, 0.2) is 50.6 Å². The second kappa shape index (κ2) is 12.1. The highest BCUT2D eigenvalue weighted by molar-refractivity contribution is 8.18. The van der Waals surface area contributed by atoms with E-state index in [0.29, 0.717) is 36.5 Å². The lowest BCUT2D eigenvalue weighted by Gasteiger charge is -2.49. The number of aliphatic carboxylic acids is 1. The van der Waals surface area contributed by atoms with E-state index in [1.54, 1.807) is 24.3 Å². The van der Waals surface area contributed by atoms with E-state index in [-0.39, 0.29) is 17.4 Å². The number of amidine groups is 1. The number of rotatable bonds is 9. The number of aliphatic imine (C=N–C) groups is 1. The number of carboxylic acids is 1. The van der Waals surface area contributed by atoms with Crippen LogP contribution in [0.4, 0.5) is 0 Å². The fraction of sp³-hybridized carbons (Fsp3) is 0.364. The molecule has 4 aliphatic heterocycles. The Hall–Kier alpha value is -1.92. The molecular weight excluding hydrogens is 639 g/mol. The van der Waals surface area contributed by atoms with Crippen molar-refractivity contribution in [2.45, 2.75) is 28.1 Å². The highest BCUT2D eigenvalue weighted by Crippen LogP contribution is 2.44. The quantitative estimate of drug-likeness (QED) is 0.147. The van der Waals surface area contributed by atoms with Gasteiger partial charge in [0.05, 0.1) is 10.8 Å². The largest absolute Gasteiger partial charge is 0.477 e. The van der Waals surface area contributed by atoms with E-state index >= 15 is 0 Å². The number of β-lactam (4-membered cyclic amide) rings is 1. The molecule has 4 atom stereocenters. The molecule has 12 nitrogen and oxygen atoms in total. The summed E-state index contributed by atoms with van der Waals surface area (Å²) in [5.74, 6) is -0.448. The lowest BCUT2D eigenvalue weighted by Crippen LogP contribution is -2.70. The van der Waals surface area contributed by atoms with Gasteiger partial charge in [0.25, 0.3) is 5.91 Å². The summed E-state index contributed by atoms with van der Waals surface area (Å²) in [5.41, 5.74) is 14.7. The normalized spacial score (nSPS) is 25.7. The van der Waals surface area contributed by atoms with Crippen LogP contribution in [0.3, 0.4) is 0 Å². The number of fused-ring (bicyclic) bond motifs is 2. The van der Waals surface area contributed by atoms with Crippen molar-refractivity contribution in [3.63, 3.8) is 0 Å². The van der Waals surface area contributed by atoms with E-state index in [2.05, 4.69) is 15.7 Å². The van der Waals surface area contributed by atoms with Crippen LogP contribution < -0.4 is 22.2 Å². The van der Waals surface area contributed by atoms with Gasteiger partial charge in [0.15, 0.2) is 5.50 Å². The summed E-state index contributed by atoms with van der Waals surface area (Å²) in [6.07, 6.45) is 1.30. The Morgan fingerprint density at radius 2 is 2.10 bits per heavy atom. The molecule has 40 heavy (non-hydrogen) atoms. The van der Waals surface area contributed by atoms with Gasteiger partial charge in [-0.1, -0.05) is 23.2 Å². The third-order valence-corrected chi connectivity index (χ3v) is 11.7. The highest BCUT2D eigenvalue weighted by atomic mass is 35.5. The minimum Gasteiger partial charge on any atom is -0.477 e. The maximum atomic E-state index is 13.0. The van der Waals surface area contributed by atoms with Crippen molar-refractivity contribution in [1.29, 1.82) is 0 Å². The summed E-state index contributed by atoms with van der Waals surface area (Å²) >= 11 is 17.5. The third-order valence-electron chi connectivity index (χ3n) is 6.21. The molecule has 18 heteroatoms. The highest BCUT2D eigenvalue weighted by Gasteiger charge is 2.54. The van der Waals surface area contributed by atoms with E-state index in [0.717, 1.165) is 5.82 Å². The molecule has 0 bridgehead atoms. The van der Waals surface area contributed by atoms with E-state index in [9.17, 15) is 19.5 Å². The van der Waals surface area contributed by atoms with Gasteiger partial charge in [-0.3, -0.25) is 25.2 Å². The number of carboxylic acid groups (broad SMARTS) is 1. The van der Waals surface area contributed by atoms with Gasteiger partial charge in [-0.2, -0.15) is 5.43 Å². The fourth-order valence-electron chi connectivity index (χ4n) is 4.24. The van der Waals surface area contributed by atoms with Gasteiger partial charge in [-0.25, -0.2) is 9.79 Å². The topological polar surface area (TPSA) is 170 Å². The van der Waals surface area contributed by atoms with Crippen molar-refractivity contribution in [3.8, 4) is 0 Å². The number of nitrogens with one attached hydrogen (secondary N) is 2. The maximum Gasteiger partial charge on any atom is 0.353 e. The standard InChI is InChI=1S/C22H24Cl2N8O4S4/c1-30-15-5-13(25)27-22(32(15)29-21(30)26)40-8-39-12-6-38-19-16(18(34)31(19)17(12)20(35)36)28-14(33)7-37-11-4-9(23)2-3-10(11)24/h2-5,16,19,21-22,29H,6-8,26H2,1H3,(H2,25,27)(H,28,33)(H,35,36)/t16-,19-,21?,22?/m1/s1. The smallest absolute Gasteiger partial charge is 0.353 e. The molecule has 2 fully saturated rings. The zero-order valence-corrected chi connectivity index (χ0v) is 25.5. The van der Waals surface area contributed by atoms with Gasteiger partial charge >= 0.3 is 5.97 Å². The van der Waals surface area contributed by atoms with Crippen molar-refractivity contribution >= 4 is 93.9 Å². The monoisotopic (exact) mass is 662 g/mol. The molecule has 5 rings (SSSR count). The first-order valence-electron chi connectivity index (χ1n) is 11.7. The van der Waals surface area contributed by atoms with Crippen LogP contribution in [0.25, 0.3) is 0 Å². The maximum absolute atomic E-state index is 13.0. The number of amides is 2. The predicted molar refractivity (Wildman–Crippen MR) is 161 cm³/mol. The van der Waals surface area contributed by atoms with Crippen molar-refractivity contribution in [2.75, 3.05) is 23.6 Å². The number of hydrogen-bond donors (Lipinski definition) is 5. The van der Waals surface area contributed by atoms with Gasteiger partial charge in [-0.15, -0.1) is 47.0 Å². The number of carbonyl (C=O) groups is 3. The first-order chi connectivity index (χ1) is 19.0. The molecule has 0 aliphatic carbocycles. The van der Waals surface area contributed by atoms with Crippen LogP contribution in [0.5, 0.6) is 0 Å². The molecule has 0 radical (unpaired) electrons. The first kappa shape index (κ1) is 29.6. The van der Waals surface area contributed by atoms with Crippen LogP contribution in [-0.2, 0) is 14.4 Å². The van der Waals surface area contributed by atoms with Crippen LogP contribution in [0.1, 0.15) is 0 Å². The summed E-state index contributed by atoms with van der Waals surface area (Å²) in [6, 6.07) is 4.15. The summed E-state index contributed by atoms with van der Waals surface area (Å²) in [7, 11) is 1.84. The molecular formula is C22H24Cl2N8O4S4. The molecule has 0 aromatic heterocycles. The minimum absolute atomic E-state index is 0.0266. The molecule has 1 aromatic carbocycles. The molecule has 4 aliphatic rings. The number of thioether (sulfide) groups is 4. The zero-order valence-electron chi connectivity index (χ0n) is 20.7. The first-order valence-corrected chi connectivity index (χ1v) is 16.5. The number of nitrogens with zero attached hydrogens (tertiary/aromatic N) is 4. The van der Waals surface area contributed by atoms with E-state index in [1.165, 1.54) is 51.9 Å². The average molecular weight is 664 g/mol. The SMILES string of the molecule is CN1C2=CC(N)=NC(SCSC3=C(C(=O)O)N4C(=O)[C@@H](NC(=O)CSc5cc(Cl)ccc5Cl)[C@H]4SC3)N2NC1N. The molecule has 2 unspecified atom stereocenters. The Balaban J connectivity index is 1.18. The predicted octanol–water partition coefficient (Wildman–Crippen LogP) is 1.70. The van der Waals surface area contributed by atoms with Gasteiger partial charge in [0, 0.05) is 38.8 Å². The van der Waals surface area contributed by atoms with Gasteiger partial charge < -0.3 is 21.1 Å². The number of nitrogens with two attached hydrogens (primary N) is 2. The van der Waals surface area contributed by atoms with Gasteiger partial charge in [-0.05, 0) is 18.2 Å². The Morgan fingerprint density at radius 3 is 2.85 bits per heavy atom. The number of hydrogen-bond acceptors (Lipinski definition) is 13. The number of benzene rings is 1. The Bertz CT molecular complexity index is 1350. The van der Waals surface area contributed by atoms with Crippen LogP contribution in [0.2, 0.25) is 10.0 Å². The van der Waals surface area contributed by atoms with Crippen molar-refractivity contribution in [3.05, 3.63) is 50.7 Å². The van der Waals surface area contributed by atoms with Crippen LogP contribution in [0, 0.1) is 0 Å². The molecule has 2 amide bonds. The van der Waals surface area contributed by atoms with Crippen molar-refractivity contribution in [2.24, 2.45) is 16.5 Å². The Morgan fingerprint density at radius 1 is 1.32 bits per heavy atom. The van der Waals surface area contributed by atoms with Gasteiger partial charge in [0.1, 0.15) is 35.1 Å². The van der Waals surface area contributed by atoms with Crippen molar-refractivity contribution in [1.82, 2.24) is 25.6 Å². The molecule has 4 heterocycles. The number of carbonyl (C=O) groups excluding carboxylic acids is 2. The Labute approximate surface area is 256 Å². The zero-order chi connectivity index (χ0) is 28.7. The lowest BCUT2D eigenvalue weighted by atomic mass is 10.1. The molecule has 7 N–H and O–H groups in total. The molecule has 1 aromatic rings. The minimum atomic E-state index is -1.19. The summed E-state index contributed by atoms with van der Waals surface area (Å²) in [6.45, 7) is 0. The fourth-order valence-corrected chi connectivity index (χ4v) is 9.44. The van der Waals surface area contributed by atoms with Crippen LogP contribution >= 0.6 is 70.2 Å². The van der Waals surface area contributed by atoms with Crippen LogP contribution in [-0.4, -0.2) is 90.4 Å². The molecule has 0 spiro atoms. The summed E-state index contributed by atoms with van der Waals surface area (Å²) < 4.78 is 0. The number of hydrazine groups is 1. The van der Waals surface area contributed by atoms with E-state index in [1.807, 2.05) is 17.0 Å². The second-order valence-electron chi connectivity index (χ2n) is 8.76. The summed E-state index contributed by atoms with van der Waals surface area (Å²) in [4.78, 5) is 46.5. The van der Waals surface area contributed by atoms with Gasteiger partial charge in [0.2, 0.25) is 5.91 Å². The summed E-state index contributed by atoms with van der Waals surface area (Å²) in [5, 5.41) is 15.4. The van der Waals surface area contributed by atoms with E-state index < -0.39 is 35.1 Å². The third kappa shape index (κ3) is 5.86. The molecule has 214 valence electrons. The molecule has 0 saturated carbocycles. The average Bonchev–Trinajstić information content (AvgIpc) is 3.20. The Kier molecular flexibility index (Phi) is 8.97. The molecule has 2 saturated heterocycles.